The molecule has 3 heterocycles. The maximum absolute atomic E-state index is 13.3. The van der Waals surface area contributed by atoms with Crippen LogP contribution in [-0.2, 0) is 14.3 Å². The van der Waals surface area contributed by atoms with Crippen molar-refractivity contribution in [2.75, 3.05) is 52.6 Å². The number of nitrogens with zero attached hydrogens (tertiary/aromatic N) is 2. The van der Waals surface area contributed by atoms with Gasteiger partial charge < -0.3 is 24.2 Å². The molecule has 0 aromatic heterocycles. The topological polar surface area (TPSA) is 88.5 Å². The Morgan fingerprint density at radius 2 is 1.64 bits per heavy atom. The van der Waals surface area contributed by atoms with Crippen LogP contribution in [0.4, 0.5) is 0 Å². The number of benzene rings is 2. The Bertz CT molecular complexity index is 1170. The number of fused-ring (bicyclic) bond motifs is 1. The van der Waals surface area contributed by atoms with Gasteiger partial charge in [-0.3, -0.25) is 14.5 Å². The molecule has 0 unspecified atom stereocenters. The summed E-state index contributed by atoms with van der Waals surface area (Å²) in [5, 5.41) is 11.4. The Hall–Kier alpha value is -3.36. The first kappa shape index (κ1) is 24.3. The number of ether oxygens (including phenoxy) is 3. The number of carbonyl (C=O) groups excluding carboxylic acids is 2. The van der Waals surface area contributed by atoms with Gasteiger partial charge in [0.2, 0.25) is 0 Å². The maximum Gasteiger partial charge on any atom is 0.295 e. The van der Waals surface area contributed by atoms with Gasteiger partial charge in [0, 0.05) is 31.7 Å². The highest BCUT2D eigenvalue weighted by atomic mass is 16.6. The highest BCUT2D eigenvalue weighted by Crippen LogP contribution is 2.41. The number of morpholine rings is 1. The van der Waals surface area contributed by atoms with E-state index in [1.54, 1.807) is 23.1 Å². The monoisotopic (exact) mass is 492 g/mol. The summed E-state index contributed by atoms with van der Waals surface area (Å²) >= 11 is 0. The van der Waals surface area contributed by atoms with E-state index >= 15 is 0 Å². The molecule has 2 aromatic carbocycles. The van der Waals surface area contributed by atoms with Gasteiger partial charge in [-0.15, -0.1) is 0 Å². The molecule has 3 aliphatic heterocycles. The molecule has 190 valence electrons. The van der Waals surface area contributed by atoms with E-state index in [0.717, 1.165) is 24.2 Å². The molecule has 0 aliphatic carbocycles. The van der Waals surface area contributed by atoms with Crippen molar-refractivity contribution < 1.29 is 28.9 Å². The van der Waals surface area contributed by atoms with Crippen LogP contribution < -0.4 is 9.47 Å². The van der Waals surface area contributed by atoms with Gasteiger partial charge in [0.15, 0.2) is 11.5 Å². The molecule has 0 radical (unpaired) electrons. The van der Waals surface area contributed by atoms with Crippen LogP contribution in [0.15, 0.2) is 48.0 Å². The molecular weight excluding hydrogens is 460 g/mol. The molecule has 1 amide bonds. The summed E-state index contributed by atoms with van der Waals surface area (Å²) in [5.74, 6) is -0.0431. The van der Waals surface area contributed by atoms with E-state index in [4.69, 9.17) is 14.2 Å². The van der Waals surface area contributed by atoms with Crippen LogP contribution in [0.3, 0.4) is 0 Å². The second-order valence-corrected chi connectivity index (χ2v) is 9.63. The summed E-state index contributed by atoms with van der Waals surface area (Å²) in [7, 11) is 0. The lowest BCUT2D eigenvalue weighted by Crippen LogP contribution is -2.42. The van der Waals surface area contributed by atoms with Gasteiger partial charge in [-0.25, -0.2) is 0 Å². The quantitative estimate of drug-likeness (QED) is 0.376. The number of aliphatic hydroxyl groups is 1. The standard InChI is InChI=1S/C28H32N2O6/c1-18(2)19-3-5-20(6-4-19)25-24(26(31)21-7-8-22-23(17-21)36-16-15-35-22)27(32)28(33)30(25)10-9-29-11-13-34-14-12-29/h3-8,17-18,25,31H,9-16H2,1-2H3/b26-24+/t25-/m0/s1. The molecule has 36 heavy (non-hydrogen) atoms. The van der Waals surface area contributed by atoms with E-state index in [2.05, 4.69) is 18.7 Å². The van der Waals surface area contributed by atoms with Gasteiger partial charge in [-0.1, -0.05) is 38.1 Å². The van der Waals surface area contributed by atoms with Gasteiger partial charge in [0.1, 0.15) is 19.0 Å². The third kappa shape index (κ3) is 4.70. The number of amides is 1. The summed E-state index contributed by atoms with van der Waals surface area (Å²) in [5.41, 5.74) is 2.46. The number of aliphatic hydroxyl groups excluding tert-OH is 1. The van der Waals surface area contributed by atoms with Gasteiger partial charge in [-0.05, 0) is 35.2 Å². The number of hydrogen-bond donors (Lipinski definition) is 1. The number of rotatable bonds is 6. The first-order valence-corrected chi connectivity index (χ1v) is 12.5. The fourth-order valence-corrected chi connectivity index (χ4v) is 4.94. The fourth-order valence-electron chi connectivity index (χ4n) is 4.94. The highest BCUT2D eigenvalue weighted by Gasteiger charge is 2.46. The number of hydrogen-bond acceptors (Lipinski definition) is 7. The van der Waals surface area contributed by atoms with E-state index in [1.165, 1.54) is 0 Å². The van der Waals surface area contributed by atoms with Crippen LogP contribution >= 0.6 is 0 Å². The van der Waals surface area contributed by atoms with Crippen molar-refractivity contribution in [1.29, 1.82) is 0 Å². The molecule has 5 rings (SSSR count). The Labute approximate surface area is 211 Å². The first-order chi connectivity index (χ1) is 17.4. The third-order valence-electron chi connectivity index (χ3n) is 7.04. The minimum absolute atomic E-state index is 0.0935. The average Bonchev–Trinajstić information content (AvgIpc) is 3.16. The van der Waals surface area contributed by atoms with Crippen molar-refractivity contribution in [2.45, 2.75) is 25.8 Å². The van der Waals surface area contributed by atoms with Crippen molar-refractivity contribution in [3.05, 3.63) is 64.7 Å². The average molecular weight is 493 g/mol. The molecule has 8 nitrogen and oxygen atoms in total. The number of carbonyl (C=O) groups is 2. The van der Waals surface area contributed by atoms with Gasteiger partial charge >= 0.3 is 0 Å². The molecule has 0 bridgehead atoms. The molecular formula is C28H32N2O6. The van der Waals surface area contributed by atoms with Crippen LogP contribution in [0.2, 0.25) is 0 Å². The van der Waals surface area contributed by atoms with Gasteiger partial charge in [0.25, 0.3) is 11.7 Å². The SMILES string of the molecule is CC(C)c1ccc([C@H]2/C(=C(\O)c3ccc4c(c3)OCCO4)C(=O)C(=O)N2CCN2CCOCC2)cc1. The summed E-state index contributed by atoms with van der Waals surface area (Å²) in [6.07, 6.45) is 0. The minimum Gasteiger partial charge on any atom is -0.507 e. The maximum atomic E-state index is 13.3. The number of ketones is 1. The van der Waals surface area contributed by atoms with Crippen molar-refractivity contribution in [3.63, 3.8) is 0 Å². The second-order valence-electron chi connectivity index (χ2n) is 9.63. The molecule has 3 aliphatic rings. The molecule has 1 atom stereocenters. The van der Waals surface area contributed by atoms with Crippen LogP contribution in [0.5, 0.6) is 11.5 Å². The van der Waals surface area contributed by atoms with Crippen molar-refractivity contribution in [3.8, 4) is 11.5 Å². The fraction of sp³-hybridized carbons (Fsp3) is 0.429. The lowest BCUT2D eigenvalue weighted by atomic mass is 9.93. The normalized spacial score (nSPS) is 21.9. The van der Waals surface area contributed by atoms with E-state index in [-0.39, 0.29) is 11.3 Å². The Morgan fingerprint density at radius 1 is 0.944 bits per heavy atom. The predicted octanol–water partition coefficient (Wildman–Crippen LogP) is 3.34. The molecule has 0 saturated carbocycles. The molecule has 2 aromatic rings. The minimum atomic E-state index is -0.680. The summed E-state index contributed by atoms with van der Waals surface area (Å²) < 4.78 is 16.7. The Morgan fingerprint density at radius 3 is 2.33 bits per heavy atom. The lowest BCUT2D eigenvalue weighted by Gasteiger charge is -2.31. The molecule has 2 fully saturated rings. The smallest absolute Gasteiger partial charge is 0.295 e. The second kappa shape index (κ2) is 10.3. The number of Topliss-reactive ketones (excluding diaryl/α,β-unsaturated/α-hetero) is 1. The van der Waals surface area contributed by atoms with E-state index in [0.29, 0.717) is 62.5 Å². The molecule has 8 heteroatoms. The molecule has 2 saturated heterocycles. The third-order valence-corrected chi connectivity index (χ3v) is 7.04. The van der Waals surface area contributed by atoms with Gasteiger partial charge in [0.05, 0.1) is 24.8 Å². The summed E-state index contributed by atoms with van der Waals surface area (Å²) in [4.78, 5) is 30.4. The number of likely N-dealkylation sites (tertiary alicyclic amines) is 1. The zero-order chi connectivity index (χ0) is 25.2. The van der Waals surface area contributed by atoms with Crippen molar-refractivity contribution >= 4 is 17.4 Å². The largest absolute Gasteiger partial charge is 0.507 e. The van der Waals surface area contributed by atoms with Crippen LogP contribution in [0.25, 0.3) is 5.76 Å². The molecule has 1 N–H and O–H groups in total. The zero-order valence-corrected chi connectivity index (χ0v) is 20.7. The van der Waals surface area contributed by atoms with Crippen LogP contribution in [-0.4, -0.2) is 79.2 Å². The predicted molar refractivity (Wildman–Crippen MR) is 134 cm³/mol. The summed E-state index contributed by atoms with van der Waals surface area (Å²) in [6.45, 7) is 8.98. The van der Waals surface area contributed by atoms with Gasteiger partial charge in [-0.2, -0.15) is 0 Å². The van der Waals surface area contributed by atoms with E-state index in [9.17, 15) is 14.7 Å². The Balaban J connectivity index is 1.53. The Kier molecular flexibility index (Phi) is 6.98. The van der Waals surface area contributed by atoms with Crippen LogP contribution in [0.1, 0.15) is 42.5 Å². The van der Waals surface area contributed by atoms with Crippen molar-refractivity contribution in [1.82, 2.24) is 9.80 Å². The molecule has 0 spiro atoms. The lowest BCUT2D eigenvalue weighted by molar-refractivity contribution is -0.140. The first-order valence-electron chi connectivity index (χ1n) is 12.5. The zero-order valence-electron chi connectivity index (χ0n) is 20.7. The van der Waals surface area contributed by atoms with E-state index < -0.39 is 17.7 Å². The summed E-state index contributed by atoms with van der Waals surface area (Å²) in [6, 6.07) is 12.3. The van der Waals surface area contributed by atoms with E-state index in [1.807, 2.05) is 24.3 Å². The van der Waals surface area contributed by atoms with Crippen molar-refractivity contribution in [2.24, 2.45) is 0 Å². The van der Waals surface area contributed by atoms with Crippen LogP contribution in [0, 0.1) is 0 Å². The highest BCUT2D eigenvalue weighted by molar-refractivity contribution is 6.46.